The van der Waals surface area contributed by atoms with Crippen LogP contribution in [0.4, 0.5) is 0 Å². The molecule has 0 bridgehead atoms. The van der Waals surface area contributed by atoms with Crippen molar-refractivity contribution < 1.29 is 4.79 Å². The first kappa shape index (κ1) is 14.0. The van der Waals surface area contributed by atoms with E-state index in [4.69, 9.17) is 0 Å². The summed E-state index contributed by atoms with van der Waals surface area (Å²) in [6.45, 7) is 5.46. The van der Waals surface area contributed by atoms with Crippen molar-refractivity contribution >= 4 is 17.5 Å². The van der Waals surface area contributed by atoms with E-state index in [1.54, 1.807) is 0 Å². The van der Waals surface area contributed by atoms with Crippen molar-refractivity contribution in [1.29, 1.82) is 0 Å². The first-order valence-electron chi connectivity index (χ1n) is 5.76. The minimum Gasteiger partial charge on any atom is -0.301 e. The van der Waals surface area contributed by atoms with E-state index in [-0.39, 0.29) is 11.3 Å². The molecule has 0 aromatic carbocycles. The molecule has 0 amide bonds. The number of unbranched alkanes of at least 4 members (excludes halogenated alkanes) is 1. The molecule has 1 aromatic heterocycles. The Hall–Kier alpha value is -1.10. The van der Waals surface area contributed by atoms with Crippen LogP contribution in [-0.2, 0) is 11.2 Å². The zero-order chi connectivity index (χ0) is 12.8. The minimum atomic E-state index is -0.0722. The SMILES string of the molecule is CCCCc1c(C)nc(SCC(C)=O)[nH]c1=O. The summed E-state index contributed by atoms with van der Waals surface area (Å²) in [5.41, 5.74) is 1.46. The van der Waals surface area contributed by atoms with E-state index in [9.17, 15) is 9.59 Å². The van der Waals surface area contributed by atoms with E-state index >= 15 is 0 Å². The number of carbonyl (C=O) groups excluding carboxylic acids is 1. The normalized spacial score (nSPS) is 10.5. The average Bonchev–Trinajstić information content (AvgIpc) is 2.25. The Labute approximate surface area is 105 Å². The zero-order valence-corrected chi connectivity index (χ0v) is 11.3. The van der Waals surface area contributed by atoms with Crippen LogP contribution in [0.1, 0.15) is 37.9 Å². The summed E-state index contributed by atoms with van der Waals surface area (Å²) in [7, 11) is 0. The Morgan fingerprint density at radius 2 is 2.18 bits per heavy atom. The maximum Gasteiger partial charge on any atom is 0.254 e. The molecule has 5 heteroatoms. The molecule has 0 aliphatic carbocycles. The van der Waals surface area contributed by atoms with Crippen LogP contribution in [0, 0.1) is 6.92 Å². The fraction of sp³-hybridized carbons (Fsp3) is 0.583. The molecular formula is C12H18N2O2S. The molecule has 0 saturated heterocycles. The summed E-state index contributed by atoms with van der Waals surface area (Å²) < 4.78 is 0. The standard InChI is InChI=1S/C12H18N2O2S/c1-4-5-6-10-9(3)13-12(14-11(10)16)17-7-8(2)15/h4-7H2,1-3H3,(H,13,14,16). The molecule has 0 spiro atoms. The van der Waals surface area contributed by atoms with Crippen LogP contribution in [0.15, 0.2) is 9.95 Å². The van der Waals surface area contributed by atoms with Gasteiger partial charge in [-0.05, 0) is 26.7 Å². The van der Waals surface area contributed by atoms with Crippen molar-refractivity contribution in [2.24, 2.45) is 0 Å². The number of rotatable bonds is 6. The van der Waals surface area contributed by atoms with Crippen molar-refractivity contribution in [1.82, 2.24) is 9.97 Å². The molecular weight excluding hydrogens is 236 g/mol. The molecule has 1 heterocycles. The predicted octanol–water partition coefficient (Wildman–Crippen LogP) is 2.10. The Kier molecular flexibility index (Phi) is 5.41. The molecule has 0 radical (unpaired) electrons. The van der Waals surface area contributed by atoms with Crippen LogP contribution in [-0.4, -0.2) is 21.5 Å². The van der Waals surface area contributed by atoms with Crippen LogP contribution < -0.4 is 5.56 Å². The van der Waals surface area contributed by atoms with Gasteiger partial charge < -0.3 is 4.98 Å². The van der Waals surface area contributed by atoms with Gasteiger partial charge in [0.1, 0.15) is 5.78 Å². The number of aryl methyl sites for hydroxylation is 1. The lowest BCUT2D eigenvalue weighted by Crippen LogP contribution is -2.17. The predicted molar refractivity (Wildman–Crippen MR) is 69.6 cm³/mol. The number of aromatic amines is 1. The van der Waals surface area contributed by atoms with Crippen molar-refractivity contribution in [3.8, 4) is 0 Å². The molecule has 0 unspecified atom stereocenters. The number of aromatic nitrogens is 2. The highest BCUT2D eigenvalue weighted by Gasteiger charge is 2.08. The lowest BCUT2D eigenvalue weighted by Gasteiger charge is -2.05. The first-order valence-corrected chi connectivity index (χ1v) is 6.75. The Balaban J connectivity index is 2.85. The van der Waals surface area contributed by atoms with Crippen molar-refractivity contribution in [2.45, 2.75) is 45.2 Å². The van der Waals surface area contributed by atoms with E-state index in [1.807, 2.05) is 6.92 Å². The van der Waals surface area contributed by atoms with E-state index in [2.05, 4.69) is 16.9 Å². The quantitative estimate of drug-likeness (QED) is 0.624. The minimum absolute atomic E-state index is 0.0722. The van der Waals surface area contributed by atoms with Crippen LogP contribution >= 0.6 is 11.8 Å². The molecule has 0 saturated carbocycles. The van der Waals surface area contributed by atoms with Gasteiger partial charge in [0.15, 0.2) is 5.16 Å². The monoisotopic (exact) mass is 254 g/mol. The molecule has 0 aliphatic rings. The van der Waals surface area contributed by atoms with Gasteiger partial charge in [-0.2, -0.15) is 0 Å². The van der Waals surface area contributed by atoms with Crippen LogP contribution in [0.25, 0.3) is 0 Å². The zero-order valence-electron chi connectivity index (χ0n) is 10.5. The highest BCUT2D eigenvalue weighted by molar-refractivity contribution is 7.99. The molecule has 0 fully saturated rings. The molecule has 0 atom stereocenters. The number of carbonyl (C=O) groups is 1. The lowest BCUT2D eigenvalue weighted by molar-refractivity contribution is -0.114. The molecule has 1 rings (SSSR count). The summed E-state index contributed by atoms with van der Waals surface area (Å²) in [5, 5.41) is 0.531. The molecule has 0 aliphatic heterocycles. The molecule has 1 N–H and O–H groups in total. The first-order chi connectivity index (χ1) is 8.04. The third-order valence-corrected chi connectivity index (χ3v) is 3.41. The average molecular weight is 254 g/mol. The summed E-state index contributed by atoms with van der Waals surface area (Å²) in [6.07, 6.45) is 2.81. The number of nitrogens with zero attached hydrogens (tertiary/aromatic N) is 1. The number of nitrogens with one attached hydrogen (secondary N) is 1. The van der Waals surface area contributed by atoms with Gasteiger partial charge in [0.2, 0.25) is 0 Å². The summed E-state index contributed by atoms with van der Waals surface area (Å²) in [6, 6.07) is 0. The fourth-order valence-corrected chi connectivity index (χ4v) is 2.18. The van der Waals surface area contributed by atoms with Crippen LogP contribution in [0.3, 0.4) is 0 Å². The number of hydrogen-bond donors (Lipinski definition) is 1. The number of thioether (sulfide) groups is 1. The third kappa shape index (κ3) is 4.34. The maximum atomic E-state index is 11.8. The van der Waals surface area contributed by atoms with E-state index in [1.165, 1.54) is 18.7 Å². The van der Waals surface area contributed by atoms with Crippen molar-refractivity contribution in [3.63, 3.8) is 0 Å². The maximum absolute atomic E-state index is 11.8. The van der Waals surface area contributed by atoms with E-state index < -0.39 is 0 Å². The Morgan fingerprint density at radius 1 is 1.47 bits per heavy atom. The fourth-order valence-electron chi connectivity index (χ4n) is 1.47. The number of Topliss-reactive ketones (excluding diaryl/α,β-unsaturated/α-hetero) is 1. The van der Waals surface area contributed by atoms with E-state index in [0.717, 1.165) is 30.5 Å². The number of hydrogen-bond acceptors (Lipinski definition) is 4. The van der Waals surface area contributed by atoms with Gasteiger partial charge in [-0.1, -0.05) is 25.1 Å². The molecule has 4 nitrogen and oxygen atoms in total. The van der Waals surface area contributed by atoms with Gasteiger partial charge in [0.05, 0.1) is 5.75 Å². The molecule has 17 heavy (non-hydrogen) atoms. The van der Waals surface area contributed by atoms with Gasteiger partial charge in [-0.3, -0.25) is 9.59 Å². The van der Waals surface area contributed by atoms with Gasteiger partial charge in [0, 0.05) is 11.3 Å². The van der Waals surface area contributed by atoms with Crippen LogP contribution in [0.5, 0.6) is 0 Å². The number of H-pyrrole nitrogens is 1. The third-order valence-electron chi connectivity index (χ3n) is 2.39. The highest BCUT2D eigenvalue weighted by Crippen LogP contribution is 2.13. The second-order valence-corrected chi connectivity index (χ2v) is 4.99. The lowest BCUT2D eigenvalue weighted by atomic mass is 10.1. The van der Waals surface area contributed by atoms with Crippen molar-refractivity contribution in [2.75, 3.05) is 5.75 Å². The van der Waals surface area contributed by atoms with Crippen LogP contribution in [0.2, 0.25) is 0 Å². The van der Waals surface area contributed by atoms with Gasteiger partial charge in [-0.25, -0.2) is 4.98 Å². The topological polar surface area (TPSA) is 62.8 Å². The molecule has 94 valence electrons. The smallest absolute Gasteiger partial charge is 0.254 e. The number of ketones is 1. The highest BCUT2D eigenvalue weighted by atomic mass is 32.2. The Bertz CT molecular complexity index is 454. The van der Waals surface area contributed by atoms with Gasteiger partial charge in [-0.15, -0.1) is 0 Å². The Morgan fingerprint density at radius 3 is 2.71 bits per heavy atom. The largest absolute Gasteiger partial charge is 0.301 e. The summed E-state index contributed by atoms with van der Waals surface area (Å²) >= 11 is 1.27. The summed E-state index contributed by atoms with van der Waals surface area (Å²) in [5.74, 6) is 0.418. The van der Waals surface area contributed by atoms with Crippen molar-refractivity contribution in [3.05, 3.63) is 21.6 Å². The second-order valence-electron chi connectivity index (χ2n) is 4.03. The summed E-state index contributed by atoms with van der Waals surface area (Å²) in [4.78, 5) is 29.7. The van der Waals surface area contributed by atoms with Gasteiger partial charge in [0.25, 0.3) is 5.56 Å². The van der Waals surface area contributed by atoms with Gasteiger partial charge >= 0.3 is 0 Å². The second kappa shape index (κ2) is 6.59. The molecule has 1 aromatic rings. The van der Waals surface area contributed by atoms with E-state index in [0.29, 0.717) is 10.9 Å².